The average molecular weight is 598 g/mol. The second-order valence-electron chi connectivity index (χ2n) is 10.5. The van der Waals surface area contributed by atoms with Gasteiger partial charge in [0.05, 0.1) is 10.6 Å². The molecule has 1 N–H and O–H groups in total. The highest BCUT2D eigenvalue weighted by Gasteiger charge is 2.34. The molecular weight excluding hydrogens is 558 g/mol. The largest absolute Gasteiger partial charge is 0.352 e. The number of benzene rings is 3. The number of anilines is 1. The molecule has 0 saturated carbocycles. The molecule has 2 atom stereocenters. The fraction of sp³-hybridized carbons (Fsp3) is 0.375. The molecule has 0 aliphatic carbocycles. The molecule has 0 bridgehead atoms. The Morgan fingerprint density at radius 3 is 2.20 bits per heavy atom. The van der Waals surface area contributed by atoms with Crippen molar-refractivity contribution in [3.63, 3.8) is 0 Å². The van der Waals surface area contributed by atoms with Crippen LogP contribution in [-0.4, -0.2) is 43.8 Å². The van der Waals surface area contributed by atoms with Crippen molar-refractivity contribution in [2.45, 2.75) is 77.9 Å². The van der Waals surface area contributed by atoms with Gasteiger partial charge in [0.25, 0.3) is 10.0 Å². The Balaban J connectivity index is 2.10. The molecule has 220 valence electrons. The molecule has 41 heavy (non-hydrogen) atoms. The van der Waals surface area contributed by atoms with Crippen molar-refractivity contribution in [3.05, 3.63) is 94.0 Å². The van der Waals surface area contributed by atoms with Crippen molar-refractivity contribution in [2.75, 3.05) is 10.8 Å². The minimum atomic E-state index is -4.17. The molecule has 0 unspecified atom stereocenters. The summed E-state index contributed by atoms with van der Waals surface area (Å²) in [7, 11) is -4.17. The number of rotatable bonds is 12. The first-order chi connectivity index (χ1) is 19.4. The van der Waals surface area contributed by atoms with Crippen LogP contribution in [0.25, 0.3) is 0 Å². The van der Waals surface area contributed by atoms with E-state index in [2.05, 4.69) is 5.32 Å². The van der Waals surface area contributed by atoms with Crippen LogP contribution in [0, 0.1) is 20.8 Å². The number of nitrogens with zero attached hydrogens (tertiary/aromatic N) is 2. The molecule has 7 nitrogen and oxygen atoms in total. The van der Waals surface area contributed by atoms with Crippen molar-refractivity contribution in [1.29, 1.82) is 0 Å². The molecule has 0 aromatic heterocycles. The number of aryl methyl sites for hydroxylation is 3. The molecule has 3 aromatic carbocycles. The third kappa shape index (κ3) is 8.11. The van der Waals surface area contributed by atoms with Gasteiger partial charge >= 0.3 is 0 Å². The first-order valence-corrected chi connectivity index (χ1v) is 15.7. The lowest BCUT2D eigenvalue weighted by Gasteiger charge is -2.34. The van der Waals surface area contributed by atoms with E-state index >= 15 is 0 Å². The zero-order chi connectivity index (χ0) is 30.3. The molecule has 2 amide bonds. The van der Waals surface area contributed by atoms with E-state index in [4.69, 9.17) is 11.6 Å². The number of hydrogen-bond acceptors (Lipinski definition) is 4. The van der Waals surface area contributed by atoms with E-state index in [1.807, 2.05) is 58.9 Å². The summed E-state index contributed by atoms with van der Waals surface area (Å²) in [5.74, 6) is -0.762. The summed E-state index contributed by atoms with van der Waals surface area (Å²) in [4.78, 5) is 29.2. The van der Waals surface area contributed by atoms with E-state index in [0.717, 1.165) is 27.4 Å². The molecule has 0 saturated heterocycles. The summed E-state index contributed by atoms with van der Waals surface area (Å²) in [6.45, 7) is 11.0. The third-order valence-electron chi connectivity index (χ3n) is 7.15. The number of halogens is 1. The fourth-order valence-electron chi connectivity index (χ4n) is 4.57. The van der Waals surface area contributed by atoms with Gasteiger partial charge < -0.3 is 10.2 Å². The molecule has 0 radical (unpaired) electrons. The van der Waals surface area contributed by atoms with Crippen molar-refractivity contribution < 1.29 is 18.0 Å². The first-order valence-electron chi connectivity index (χ1n) is 13.9. The van der Waals surface area contributed by atoms with Crippen molar-refractivity contribution in [1.82, 2.24) is 10.2 Å². The van der Waals surface area contributed by atoms with Gasteiger partial charge in [0.2, 0.25) is 11.8 Å². The van der Waals surface area contributed by atoms with E-state index in [1.54, 1.807) is 37.3 Å². The van der Waals surface area contributed by atoms with E-state index < -0.39 is 28.5 Å². The summed E-state index contributed by atoms with van der Waals surface area (Å²) in [5.41, 5.74) is 3.72. The minimum Gasteiger partial charge on any atom is -0.352 e. The highest BCUT2D eigenvalue weighted by atomic mass is 35.5. The van der Waals surface area contributed by atoms with Crippen LogP contribution in [0.4, 0.5) is 5.69 Å². The molecule has 0 spiro atoms. The van der Waals surface area contributed by atoms with Gasteiger partial charge in [-0.3, -0.25) is 13.9 Å². The summed E-state index contributed by atoms with van der Waals surface area (Å²) < 4.78 is 29.2. The minimum absolute atomic E-state index is 0.0575. The average Bonchev–Trinajstić information content (AvgIpc) is 2.93. The zero-order valence-electron chi connectivity index (χ0n) is 24.6. The van der Waals surface area contributed by atoms with Crippen LogP contribution < -0.4 is 9.62 Å². The highest BCUT2D eigenvalue weighted by Crippen LogP contribution is 2.30. The fourth-order valence-corrected chi connectivity index (χ4v) is 6.21. The van der Waals surface area contributed by atoms with Gasteiger partial charge in [-0.05, 0) is 75.9 Å². The molecule has 0 aliphatic heterocycles. The van der Waals surface area contributed by atoms with Crippen LogP contribution >= 0.6 is 11.6 Å². The lowest BCUT2D eigenvalue weighted by molar-refractivity contribution is -0.140. The smallest absolute Gasteiger partial charge is 0.264 e. The van der Waals surface area contributed by atoms with Gasteiger partial charge in [-0.1, -0.05) is 79.0 Å². The predicted octanol–water partition coefficient (Wildman–Crippen LogP) is 6.18. The van der Waals surface area contributed by atoms with Crippen LogP contribution in [0.1, 0.15) is 55.9 Å². The summed E-state index contributed by atoms with van der Waals surface area (Å²) in [6.07, 6.45) is 1.10. The second kappa shape index (κ2) is 14.0. The van der Waals surface area contributed by atoms with Crippen LogP contribution in [0.3, 0.4) is 0 Å². The van der Waals surface area contributed by atoms with Gasteiger partial charge in [-0.15, -0.1) is 0 Å². The van der Waals surface area contributed by atoms with E-state index in [9.17, 15) is 18.0 Å². The van der Waals surface area contributed by atoms with Gasteiger partial charge in [-0.2, -0.15) is 0 Å². The Morgan fingerprint density at radius 2 is 1.59 bits per heavy atom. The van der Waals surface area contributed by atoms with Crippen LogP contribution in [0.2, 0.25) is 5.02 Å². The number of nitrogens with one attached hydrogen (secondary N) is 1. The summed E-state index contributed by atoms with van der Waals surface area (Å²) in [6, 6.07) is 18.3. The van der Waals surface area contributed by atoms with Crippen molar-refractivity contribution >= 4 is 39.1 Å². The van der Waals surface area contributed by atoms with Gasteiger partial charge in [-0.25, -0.2) is 8.42 Å². The maximum Gasteiger partial charge on any atom is 0.264 e. The lowest BCUT2D eigenvalue weighted by atomic mass is 10.1. The molecule has 3 rings (SSSR count). The van der Waals surface area contributed by atoms with Crippen molar-refractivity contribution in [2.24, 2.45) is 0 Å². The lowest BCUT2D eigenvalue weighted by Crippen LogP contribution is -2.53. The molecular formula is C32H40ClN3O4S. The summed E-state index contributed by atoms with van der Waals surface area (Å²) >= 11 is 6.31. The number of amides is 2. The van der Waals surface area contributed by atoms with Crippen molar-refractivity contribution in [3.8, 4) is 0 Å². The van der Waals surface area contributed by atoms with Gasteiger partial charge in [0, 0.05) is 17.6 Å². The quantitative estimate of drug-likeness (QED) is 0.270. The number of carbonyl (C=O) groups excluding carboxylic acids is 2. The summed E-state index contributed by atoms with van der Waals surface area (Å²) in [5, 5.41) is 3.34. The molecule has 0 aliphatic rings. The van der Waals surface area contributed by atoms with E-state index in [0.29, 0.717) is 22.7 Å². The number of hydrogen-bond donors (Lipinski definition) is 1. The zero-order valence-corrected chi connectivity index (χ0v) is 26.2. The Bertz CT molecular complexity index is 1470. The number of carbonyl (C=O) groups is 2. The predicted molar refractivity (Wildman–Crippen MR) is 166 cm³/mol. The normalized spacial score (nSPS) is 12.9. The van der Waals surface area contributed by atoms with E-state index in [-0.39, 0.29) is 23.4 Å². The third-order valence-corrected chi connectivity index (χ3v) is 9.16. The molecule has 0 fully saturated rings. The Morgan fingerprint density at radius 1 is 0.902 bits per heavy atom. The Labute approximate surface area is 249 Å². The van der Waals surface area contributed by atoms with Gasteiger partial charge in [0.1, 0.15) is 12.6 Å². The SMILES string of the molecule is CC[C@H](C)NC(=O)[C@H](CC)N(Cc1cccc(C)c1)C(=O)CN(c1cc(Cl)ccc1C)S(=O)(=O)c1ccc(C)cc1. The topological polar surface area (TPSA) is 86.8 Å². The van der Waals surface area contributed by atoms with Crippen LogP contribution in [0.5, 0.6) is 0 Å². The molecule has 9 heteroatoms. The van der Waals surface area contributed by atoms with E-state index in [1.165, 1.54) is 17.0 Å². The maximum absolute atomic E-state index is 14.2. The maximum atomic E-state index is 14.2. The van der Waals surface area contributed by atoms with Gasteiger partial charge in [0.15, 0.2) is 0 Å². The van der Waals surface area contributed by atoms with Crippen LogP contribution in [0.15, 0.2) is 71.6 Å². The Hall–Kier alpha value is -3.36. The van der Waals surface area contributed by atoms with Crippen LogP contribution in [-0.2, 0) is 26.2 Å². The standard InChI is InChI=1S/C32H40ClN3O4S/c1-7-25(6)34-32(38)29(8-2)35(20-26-11-9-10-23(4)18-26)31(37)21-36(30-19-27(33)15-14-24(30)5)41(39,40)28-16-12-22(3)13-17-28/h9-19,25,29H,7-8,20-21H2,1-6H3,(H,34,38)/t25-,29-/m0/s1. The number of sulfonamides is 1. The molecule has 0 heterocycles. The Kier molecular flexibility index (Phi) is 11.0. The highest BCUT2D eigenvalue weighted by molar-refractivity contribution is 7.92. The molecule has 3 aromatic rings. The second-order valence-corrected chi connectivity index (χ2v) is 12.8. The monoisotopic (exact) mass is 597 g/mol. The first kappa shape index (κ1) is 32.2.